The SMILES string of the molecule is CCCCCc1ccc(OC(CC)C(=O)Nc2ccc(Cl)c(NC(=O)CC(=O)c3ccc(OC)cc3)c2)c(CCCCC)c1. The molecule has 0 saturated carbocycles. The topological polar surface area (TPSA) is 93.7 Å². The maximum absolute atomic E-state index is 13.3. The van der Waals surface area contributed by atoms with Crippen LogP contribution >= 0.6 is 11.6 Å². The van der Waals surface area contributed by atoms with Crippen molar-refractivity contribution >= 4 is 40.6 Å². The third-order valence-corrected chi connectivity index (χ3v) is 7.75. The van der Waals surface area contributed by atoms with Gasteiger partial charge in [0.1, 0.15) is 11.5 Å². The maximum Gasteiger partial charge on any atom is 0.265 e. The summed E-state index contributed by atoms with van der Waals surface area (Å²) in [5.41, 5.74) is 3.59. The number of benzene rings is 3. The highest BCUT2D eigenvalue weighted by atomic mass is 35.5. The van der Waals surface area contributed by atoms with Gasteiger partial charge in [-0.05, 0) is 91.8 Å². The molecule has 0 spiro atoms. The van der Waals surface area contributed by atoms with Crippen molar-refractivity contribution in [1.29, 1.82) is 0 Å². The fourth-order valence-electron chi connectivity index (χ4n) is 4.86. The van der Waals surface area contributed by atoms with E-state index in [1.165, 1.54) is 18.4 Å². The molecule has 7 nitrogen and oxygen atoms in total. The van der Waals surface area contributed by atoms with Crippen LogP contribution in [0.3, 0.4) is 0 Å². The molecule has 0 fully saturated rings. The second-order valence-electron chi connectivity index (χ2n) is 10.9. The van der Waals surface area contributed by atoms with Crippen LogP contribution < -0.4 is 20.1 Å². The molecule has 0 aliphatic carbocycles. The van der Waals surface area contributed by atoms with Crippen LogP contribution in [0.1, 0.15) is 93.6 Å². The van der Waals surface area contributed by atoms with E-state index in [0.29, 0.717) is 29.1 Å². The van der Waals surface area contributed by atoms with Gasteiger partial charge in [-0.3, -0.25) is 14.4 Å². The molecule has 0 aliphatic rings. The van der Waals surface area contributed by atoms with Gasteiger partial charge >= 0.3 is 0 Å². The minimum Gasteiger partial charge on any atom is -0.497 e. The fourth-order valence-corrected chi connectivity index (χ4v) is 5.02. The minimum atomic E-state index is -0.707. The van der Waals surface area contributed by atoms with Gasteiger partial charge < -0.3 is 20.1 Å². The predicted molar refractivity (Wildman–Crippen MR) is 178 cm³/mol. The Morgan fingerprint density at radius 1 is 0.818 bits per heavy atom. The number of rotatable bonds is 18. The van der Waals surface area contributed by atoms with Crippen molar-refractivity contribution < 1.29 is 23.9 Å². The highest BCUT2D eigenvalue weighted by Crippen LogP contribution is 2.28. The first-order valence-corrected chi connectivity index (χ1v) is 16.0. The van der Waals surface area contributed by atoms with Crippen LogP contribution in [-0.4, -0.2) is 30.8 Å². The number of methoxy groups -OCH3 is 1. The van der Waals surface area contributed by atoms with Crippen molar-refractivity contribution in [3.05, 3.63) is 82.4 Å². The maximum atomic E-state index is 13.3. The van der Waals surface area contributed by atoms with E-state index in [9.17, 15) is 14.4 Å². The Morgan fingerprint density at radius 3 is 2.18 bits per heavy atom. The number of halogens is 1. The first kappa shape index (κ1) is 34.6. The normalized spacial score (nSPS) is 11.5. The van der Waals surface area contributed by atoms with Crippen molar-refractivity contribution in [3.63, 3.8) is 0 Å². The second kappa shape index (κ2) is 18.1. The zero-order chi connectivity index (χ0) is 31.9. The Kier molecular flexibility index (Phi) is 14.2. The van der Waals surface area contributed by atoms with Crippen molar-refractivity contribution in [2.24, 2.45) is 0 Å². The zero-order valence-corrected chi connectivity index (χ0v) is 27.1. The number of ketones is 1. The summed E-state index contributed by atoms with van der Waals surface area (Å²) in [5, 5.41) is 5.87. The molecule has 1 unspecified atom stereocenters. The van der Waals surface area contributed by atoms with Gasteiger partial charge in [0.25, 0.3) is 5.91 Å². The lowest BCUT2D eigenvalue weighted by molar-refractivity contribution is -0.122. The highest BCUT2D eigenvalue weighted by Gasteiger charge is 2.21. The summed E-state index contributed by atoms with van der Waals surface area (Å²) in [6.07, 6.45) is 8.25. The Hall–Kier alpha value is -3.84. The molecule has 44 heavy (non-hydrogen) atoms. The van der Waals surface area contributed by atoms with E-state index in [0.717, 1.165) is 49.8 Å². The summed E-state index contributed by atoms with van der Waals surface area (Å²) in [5.74, 6) is 0.216. The largest absolute Gasteiger partial charge is 0.497 e. The molecule has 3 aromatic rings. The molecule has 236 valence electrons. The van der Waals surface area contributed by atoms with E-state index in [1.807, 2.05) is 13.0 Å². The molecule has 2 amide bonds. The lowest BCUT2D eigenvalue weighted by atomic mass is 10.00. The fraction of sp³-hybridized carbons (Fsp3) is 0.417. The number of hydrogen-bond acceptors (Lipinski definition) is 5. The van der Waals surface area contributed by atoms with Gasteiger partial charge in [-0.25, -0.2) is 0 Å². The number of amides is 2. The van der Waals surface area contributed by atoms with E-state index in [4.69, 9.17) is 21.1 Å². The summed E-state index contributed by atoms with van der Waals surface area (Å²) in [6.45, 7) is 6.30. The van der Waals surface area contributed by atoms with Crippen LogP contribution in [0.4, 0.5) is 11.4 Å². The van der Waals surface area contributed by atoms with Crippen molar-refractivity contribution in [2.45, 2.75) is 91.1 Å². The smallest absolute Gasteiger partial charge is 0.265 e. The van der Waals surface area contributed by atoms with Gasteiger partial charge in [0, 0.05) is 11.3 Å². The molecule has 0 radical (unpaired) electrons. The zero-order valence-electron chi connectivity index (χ0n) is 26.3. The molecule has 8 heteroatoms. The molecule has 3 aromatic carbocycles. The molecular weight excluding hydrogens is 576 g/mol. The lowest BCUT2D eigenvalue weighted by Crippen LogP contribution is -2.32. The van der Waals surface area contributed by atoms with E-state index >= 15 is 0 Å². The van der Waals surface area contributed by atoms with Crippen LogP contribution in [-0.2, 0) is 22.4 Å². The van der Waals surface area contributed by atoms with Crippen molar-refractivity contribution in [3.8, 4) is 11.5 Å². The summed E-state index contributed by atoms with van der Waals surface area (Å²) >= 11 is 6.33. The number of Topliss-reactive ketones (excluding diaryl/α,β-unsaturated/α-hetero) is 1. The number of hydrogen-bond donors (Lipinski definition) is 2. The minimum absolute atomic E-state index is 0.285. The Balaban J connectivity index is 1.66. The molecule has 0 aromatic heterocycles. The molecule has 0 saturated heterocycles. The number of anilines is 2. The summed E-state index contributed by atoms with van der Waals surface area (Å²) in [7, 11) is 1.54. The predicted octanol–water partition coefficient (Wildman–Crippen LogP) is 8.82. The summed E-state index contributed by atoms with van der Waals surface area (Å²) in [4.78, 5) is 38.6. The molecule has 0 aliphatic heterocycles. The second-order valence-corrected chi connectivity index (χ2v) is 11.3. The average molecular weight is 621 g/mol. The number of nitrogens with one attached hydrogen (secondary N) is 2. The third-order valence-electron chi connectivity index (χ3n) is 7.42. The van der Waals surface area contributed by atoms with Crippen molar-refractivity contribution in [1.82, 2.24) is 0 Å². The number of carbonyl (C=O) groups is 3. The Morgan fingerprint density at radius 2 is 1.52 bits per heavy atom. The first-order chi connectivity index (χ1) is 21.3. The van der Waals surface area contributed by atoms with Gasteiger partial charge in [-0.15, -0.1) is 0 Å². The molecule has 1 atom stereocenters. The van der Waals surface area contributed by atoms with Crippen LogP contribution in [0, 0.1) is 0 Å². The monoisotopic (exact) mass is 620 g/mol. The molecular formula is C36H45ClN2O5. The lowest BCUT2D eigenvalue weighted by Gasteiger charge is -2.20. The van der Waals surface area contributed by atoms with Crippen LogP contribution in [0.15, 0.2) is 60.7 Å². The summed E-state index contributed by atoms with van der Waals surface area (Å²) in [6, 6.07) is 17.7. The van der Waals surface area contributed by atoms with E-state index in [2.05, 4.69) is 36.6 Å². The van der Waals surface area contributed by atoms with Crippen LogP contribution in [0.5, 0.6) is 11.5 Å². The Bertz CT molecular complexity index is 1390. The highest BCUT2D eigenvalue weighted by molar-refractivity contribution is 6.34. The van der Waals surface area contributed by atoms with E-state index in [1.54, 1.807) is 49.6 Å². The van der Waals surface area contributed by atoms with Gasteiger partial charge in [0.15, 0.2) is 11.9 Å². The van der Waals surface area contributed by atoms with Gasteiger partial charge in [-0.2, -0.15) is 0 Å². The number of unbranched alkanes of at least 4 members (excludes halogenated alkanes) is 4. The number of carbonyl (C=O) groups excluding carboxylic acids is 3. The average Bonchev–Trinajstić information content (AvgIpc) is 3.02. The Labute approximate surface area is 266 Å². The molecule has 3 rings (SSSR count). The van der Waals surface area contributed by atoms with E-state index < -0.39 is 12.0 Å². The van der Waals surface area contributed by atoms with Crippen LogP contribution in [0.2, 0.25) is 5.02 Å². The third kappa shape index (κ3) is 10.7. The number of ether oxygens (including phenoxy) is 2. The standard InChI is InChI=1S/C36H45ClN2O5/c1-5-8-10-12-25-14-21-34(27(22-25)13-11-9-6-2)44-33(7-3)36(42)38-28-17-20-30(37)31(23-28)39-35(41)24-32(40)26-15-18-29(43-4)19-16-26/h14-23,33H,5-13,24H2,1-4H3,(H,38,42)(H,39,41). The van der Waals surface area contributed by atoms with E-state index in [-0.39, 0.29) is 23.1 Å². The molecule has 0 bridgehead atoms. The first-order valence-electron chi connectivity index (χ1n) is 15.6. The van der Waals surface area contributed by atoms with Gasteiger partial charge in [-0.1, -0.05) is 70.2 Å². The summed E-state index contributed by atoms with van der Waals surface area (Å²) < 4.78 is 11.4. The van der Waals surface area contributed by atoms with Gasteiger partial charge in [0.05, 0.1) is 24.2 Å². The molecule has 0 heterocycles. The van der Waals surface area contributed by atoms with Gasteiger partial charge in [0.2, 0.25) is 5.91 Å². The quantitative estimate of drug-likeness (QED) is 0.0842. The number of aryl methyl sites for hydroxylation is 2. The molecule has 2 N–H and O–H groups in total. The van der Waals surface area contributed by atoms with Crippen molar-refractivity contribution in [2.75, 3.05) is 17.7 Å². The van der Waals surface area contributed by atoms with Crippen LogP contribution in [0.25, 0.3) is 0 Å².